The normalized spacial score (nSPS) is 11.0. The van der Waals surface area contributed by atoms with Crippen molar-refractivity contribution in [2.45, 2.75) is 26.7 Å². The average molecular weight is 308 g/mol. The molecule has 0 atom stereocenters. The van der Waals surface area contributed by atoms with E-state index >= 15 is 0 Å². The highest BCUT2D eigenvalue weighted by Gasteiger charge is 2.14. The fraction of sp³-hybridized carbons (Fsp3) is 0.600. The van der Waals surface area contributed by atoms with Crippen molar-refractivity contribution < 1.29 is 4.74 Å². The zero-order chi connectivity index (χ0) is 15.2. The molecule has 2 aromatic heterocycles. The molecule has 6 heteroatoms. The van der Waals surface area contributed by atoms with Gasteiger partial charge in [0.15, 0.2) is 0 Å². The summed E-state index contributed by atoms with van der Waals surface area (Å²) in [4.78, 5) is 13.9. The van der Waals surface area contributed by atoms with Gasteiger partial charge in [0.05, 0.1) is 12.0 Å². The molecular formula is C15H24N4OS. The van der Waals surface area contributed by atoms with E-state index in [9.17, 15) is 0 Å². The molecule has 0 aliphatic carbocycles. The van der Waals surface area contributed by atoms with Gasteiger partial charge in [0.25, 0.3) is 0 Å². The summed E-state index contributed by atoms with van der Waals surface area (Å²) in [5.74, 6) is 1.69. The first-order valence-corrected chi connectivity index (χ1v) is 8.25. The van der Waals surface area contributed by atoms with E-state index in [1.54, 1.807) is 18.4 Å². The zero-order valence-corrected chi connectivity index (χ0v) is 14.1. The van der Waals surface area contributed by atoms with Crippen LogP contribution in [0.25, 0.3) is 10.2 Å². The van der Waals surface area contributed by atoms with Gasteiger partial charge < -0.3 is 15.0 Å². The Morgan fingerprint density at radius 2 is 2.14 bits per heavy atom. The van der Waals surface area contributed by atoms with E-state index in [0.717, 1.165) is 42.0 Å². The van der Waals surface area contributed by atoms with E-state index in [1.807, 2.05) is 7.05 Å². The predicted octanol–water partition coefficient (Wildman–Crippen LogP) is 3.16. The molecule has 21 heavy (non-hydrogen) atoms. The van der Waals surface area contributed by atoms with Gasteiger partial charge >= 0.3 is 0 Å². The van der Waals surface area contributed by atoms with Gasteiger partial charge in [0.2, 0.25) is 5.95 Å². The van der Waals surface area contributed by atoms with Gasteiger partial charge in [-0.1, -0.05) is 13.8 Å². The van der Waals surface area contributed by atoms with Crippen molar-refractivity contribution in [1.29, 1.82) is 0 Å². The first kappa shape index (κ1) is 16.0. The molecule has 1 N–H and O–H groups in total. The number of hydrogen-bond donors (Lipinski definition) is 1. The SMILES string of the molecule is CCCNc1nc(N(C)CCOC)c2cc(CC)sc2n1. The molecule has 0 aliphatic rings. The van der Waals surface area contributed by atoms with Crippen molar-refractivity contribution >= 4 is 33.3 Å². The highest BCUT2D eigenvalue weighted by Crippen LogP contribution is 2.31. The third-order valence-electron chi connectivity index (χ3n) is 3.30. The number of methoxy groups -OCH3 is 1. The Balaban J connectivity index is 2.40. The number of fused-ring (bicyclic) bond motifs is 1. The van der Waals surface area contributed by atoms with E-state index in [4.69, 9.17) is 9.72 Å². The smallest absolute Gasteiger partial charge is 0.226 e. The quantitative estimate of drug-likeness (QED) is 0.812. The fourth-order valence-corrected chi connectivity index (χ4v) is 3.03. The summed E-state index contributed by atoms with van der Waals surface area (Å²) >= 11 is 1.75. The number of nitrogens with zero attached hydrogens (tertiary/aromatic N) is 3. The second-order valence-electron chi connectivity index (χ2n) is 5.00. The number of nitrogens with one attached hydrogen (secondary N) is 1. The molecule has 2 aromatic rings. The van der Waals surface area contributed by atoms with Crippen LogP contribution in [0.3, 0.4) is 0 Å². The molecule has 0 saturated heterocycles. The van der Waals surface area contributed by atoms with Crippen LogP contribution < -0.4 is 10.2 Å². The minimum Gasteiger partial charge on any atom is -0.383 e. The molecule has 116 valence electrons. The fourth-order valence-electron chi connectivity index (χ4n) is 2.07. The summed E-state index contributed by atoms with van der Waals surface area (Å²) in [7, 11) is 3.77. The number of anilines is 2. The number of aryl methyl sites for hydroxylation is 1. The van der Waals surface area contributed by atoms with Crippen molar-refractivity contribution in [2.75, 3.05) is 44.1 Å². The van der Waals surface area contributed by atoms with Crippen LogP contribution in [-0.4, -0.2) is 43.8 Å². The van der Waals surface area contributed by atoms with Gasteiger partial charge in [-0.05, 0) is 18.9 Å². The minimum absolute atomic E-state index is 0.685. The monoisotopic (exact) mass is 308 g/mol. The zero-order valence-electron chi connectivity index (χ0n) is 13.3. The van der Waals surface area contributed by atoms with E-state index in [1.165, 1.54) is 4.88 Å². The molecule has 2 heterocycles. The number of hydrogen-bond acceptors (Lipinski definition) is 6. The molecule has 0 radical (unpaired) electrons. The second kappa shape index (κ2) is 7.56. The lowest BCUT2D eigenvalue weighted by Crippen LogP contribution is -2.23. The summed E-state index contributed by atoms with van der Waals surface area (Å²) in [5, 5.41) is 4.43. The Bertz CT molecular complexity index is 584. The van der Waals surface area contributed by atoms with Crippen LogP contribution in [0.5, 0.6) is 0 Å². The molecule has 0 unspecified atom stereocenters. The number of ether oxygens (including phenoxy) is 1. The van der Waals surface area contributed by atoms with E-state index in [-0.39, 0.29) is 0 Å². The maximum Gasteiger partial charge on any atom is 0.226 e. The highest BCUT2D eigenvalue weighted by molar-refractivity contribution is 7.18. The Morgan fingerprint density at radius 1 is 1.33 bits per heavy atom. The molecule has 5 nitrogen and oxygen atoms in total. The highest BCUT2D eigenvalue weighted by atomic mass is 32.1. The van der Waals surface area contributed by atoms with Gasteiger partial charge in [0, 0.05) is 32.1 Å². The third-order valence-corrected chi connectivity index (χ3v) is 4.47. The van der Waals surface area contributed by atoms with Crippen molar-refractivity contribution in [3.63, 3.8) is 0 Å². The first-order valence-electron chi connectivity index (χ1n) is 7.44. The van der Waals surface area contributed by atoms with Gasteiger partial charge in [0.1, 0.15) is 10.6 Å². The summed E-state index contributed by atoms with van der Waals surface area (Å²) in [6.07, 6.45) is 2.08. The molecule has 0 saturated carbocycles. The molecule has 0 aromatic carbocycles. The van der Waals surface area contributed by atoms with Crippen molar-refractivity contribution in [3.05, 3.63) is 10.9 Å². The Kier molecular flexibility index (Phi) is 5.76. The maximum atomic E-state index is 5.17. The number of rotatable bonds is 8. The van der Waals surface area contributed by atoms with Crippen LogP contribution in [0.1, 0.15) is 25.1 Å². The van der Waals surface area contributed by atoms with Crippen LogP contribution in [0, 0.1) is 0 Å². The summed E-state index contributed by atoms with van der Waals surface area (Å²) < 4.78 is 5.17. The van der Waals surface area contributed by atoms with Gasteiger partial charge in [-0.15, -0.1) is 11.3 Å². The molecule has 0 fully saturated rings. The summed E-state index contributed by atoms with van der Waals surface area (Å²) in [5.41, 5.74) is 0. The second-order valence-corrected chi connectivity index (χ2v) is 6.11. The first-order chi connectivity index (χ1) is 10.2. The van der Waals surface area contributed by atoms with E-state index < -0.39 is 0 Å². The molecule has 0 bridgehead atoms. The Morgan fingerprint density at radius 3 is 2.81 bits per heavy atom. The van der Waals surface area contributed by atoms with Crippen LogP contribution in [-0.2, 0) is 11.2 Å². The van der Waals surface area contributed by atoms with Crippen molar-refractivity contribution in [3.8, 4) is 0 Å². The van der Waals surface area contributed by atoms with Gasteiger partial charge in [-0.3, -0.25) is 0 Å². The topological polar surface area (TPSA) is 50.3 Å². The third kappa shape index (κ3) is 3.83. The Hall–Kier alpha value is -1.40. The largest absolute Gasteiger partial charge is 0.383 e. The van der Waals surface area contributed by atoms with Crippen molar-refractivity contribution in [2.24, 2.45) is 0 Å². The lowest BCUT2D eigenvalue weighted by molar-refractivity contribution is 0.206. The maximum absolute atomic E-state index is 5.17. The van der Waals surface area contributed by atoms with Crippen LogP contribution >= 0.6 is 11.3 Å². The minimum atomic E-state index is 0.685. The van der Waals surface area contributed by atoms with Gasteiger partial charge in [-0.2, -0.15) is 4.98 Å². The molecule has 0 spiro atoms. The number of thiophene rings is 1. The summed E-state index contributed by atoms with van der Waals surface area (Å²) in [6, 6.07) is 2.21. The molecular weight excluding hydrogens is 284 g/mol. The van der Waals surface area contributed by atoms with E-state index in [2.05, 4.69) is 35.1 Å². The molecule has 0 amide bonds. The van der Waals surface area contributed by atoms with Gasteiger partial charge in [-0.25, -0.2) is 4.98 Å². The average Bonchev–Trinajstić information content (AvgIpc) is 2.92. The lowest BCUT2D eigenvalue weighted by Gasteiger charge is -2.19. The predicted molar refractivity (Wildman–Crippen MR) is 90.7 cm³/mol. The number of likely N-dealkylation sites (N-methyl/N-ethyl adjacent to an activating group) is 1. The Labute approximate surface area is 130 Å². The van der Waals surface area contributed by atoms with Crippen LogP contribution in [0.15, 0.2) is 6.07 Å². The molecule has 0 aliphatic heterocycles. The summed E-state index contributed by atoms with van der Waals surface area (Å²) in [6.45, 7) is 6.69. The van der Waals surface area contributed by atoms with Crippen molar-refractivity contribution in [1.82, 2.24) is 9.97 Å². The van der Waals surface area contributed by atoms with Crippen LogP contribution in [0.2, 0.25) is 0 Å². The van der Waals surface area contributed by atoms with Crippen LogP contribution in [0.4, 0.5) is 11.8 Å². The standard InChI is InChI=1S/C15H24N4OS/c1-5-7-16-15-17-13(19(3)8-9-20-4)12-10-11(6-2)21-14(12)18-15/h10H,5-9H2,1-4H3,(H,16,17,18). The van der Waals surface area contributed by atoms with E-state index in [0.29, 0.717) is 12.6 Å². The lowest BCUT2D eigenvalue weighted by atomic mass is 10.3. The number of aromatic nitrogens is 2. The molecule has 2 rings (SSSR count).